The van der Waals surface area contributed by atoms with Crippen molar-refractivity contribution in [2.45, 2.75) is 32.1 Å². The van der Waals surface area contributed by atoms with Gasteiger partial charge in [0.25, 0.3) is 0 Å². The predicted molar refractivity (Wildman–Crippen MR) is 70.1 cm³/mol. The summed E-state index contributed by atoms with van der Waals surface area (Å²) in [6.45, 7) is 1.87. The molecule has 0 N–H and O–H groups in total. The molecule has 2 atom stereocenters. The minimum absolute atomic E-state index is 0.183. The van der Waals surface area contributed by atoms with E-state index in [-0.39, 0.29) is 23.3 Å². The number of rotatable bonds is 8. The minimum atomic E-state index is -0.333. The van der Waals surface area contributed by atoms with Gasteiger partial charge < -0.3 is 4.79 Å². The highest BCUT2D eigenvalue weighted by molar-refractivity contribution is 5.56. The van der Waals surface area contributed by atoms with Crippen LogP contribution < -0.4 is 0 Å². The van der Waals surface area contributed by atoms with E-state index in [4.69, 9.17) is 0 Å². The number of benzene rings is 1. The highest BCUT2D eigenvalue weighted by atomic mass is 16.6. The van der Waals surface area contributed by atoms with E-state index in [1.165, 1.54) is 0 Å². The van der Waals surface area contributed by atoms with Crippen LogP contribution in [0.3, 0.4) is 0 Å². The molecule has 0 aliphatic rings. The molecule has 0 spiro atoms. The molecular weight excluding hydrogens is 230 g/mol. The molecule has 0 radical (unpaired) electrons. The van der Waals surface area contributed by atoms with Crippen LogP contribution in [0.5, 0.6) is 0 Å². The molecule has 1 aromatic rings. The maximum Gasteiger partial charge on any atom is 0.211 e. The number of unbranched alkanes of at least 4 members (excludes halogenated alkanes) is 1. The third-order valence-electron chi connectivity index (χ3n) is 3.16. The van der Waals surface area contributed by atoms with Crippen molar-refractivity contribution in [2.24, 2.45) is 5.92 Å². The first-order valence-corrected chi connectivity index (χ1v) is 6.31. The lowest BCUT2D eigenvalue weighted by atomic mass is 9.84. The third-order valence-corrected chi connectivity index (χ3v) is 3.16. The van der Waals surface area contributed by atoms with E-state index < -0.39 is 0 Å². The second-order valence-electron chi connectivity index (χ2n) is 4.47. The summed E-state index contributed by atoms with van der Waals surface area (Å²) in [5.74, 6) is -0.581. The fraction of sp³-hybridized carbons (Fsp3) is 0.500. The standard InChI is InChI=1S/C14H19NO3/c1-2-3-7-13(11-16)14(10-15(17)18)12-8-5-4-6-9-12/h4-6,8-9,11,13-14H,2-3,7,10H2,1H3. The zero-order chi connectivity index (χ0) is 13.4. The average Bonchev–Trinajstić information content (AvgIpc) is 2.39. The van der Waals surface area contributed by atoms with Crippen molar-refractivity contribution >= 4 is 6.29 Å². The van der Waals surface area contributed by atoms with Gasteiger partial charge in [-0.25, -0.2) is 0 Å². The molecular formula is C14H19NO3. The fourth-order valence-corrected chi connectivity index (χ4v) is 2.15. The SMILES string of the molecule is CCCCC(C=O)C(C[N+](=O)[O-])c1ccccc1. The van der Waals surface area contributed by atoms with Gasteiger partial charge in [-0.15, -0.1) is 0 Å². The second kappa shape index (κ2) is 7.58. The number of carbonyl (C=O) groups is 1. The van der Waals surface area contributed by atoms with Crippen molar-refractivity contribution in [1.29, 1.82) is 0 Å². The Balaban J connectivity index is 2.88. The zero-order valence-corrected chi connectivity index (χ0v) is 10.6. The number of hydrogen-bond acceptors (Lipinski definition) is 3. The zero-order valence-electron chi connectivity index (χ0n) is 10.6. The van der Waals surface area contributed by atoms with Gasteiger partial charge in [-0.2, -0.15) is 0 Å². The van der Waals surface area contributed by atoms with Crippen molar-refractivity contribution in [3.05, 3.63) is 46.0 Å². The van der Waals surface area contributed by atoms with E-state index in [2.05, 4.69) is 0 Å². The van der Waals surface area contributed by atoms with E-state index in [0.29, 0.717) is 6.42 Å². The lowest BCUT2D eigenvalue weighted by molar-refractivity contribution is -0.484. The fourth-order valence-electron chi connectivity index (χ4n) is 2.15. The van der Waals surface area contributed by atoms with Gasteiger partial charge in [0, 0.05) is 10.8 Å². The summed E-state index contributed by atoms with van der Waals surface area (Å²) in [5, 5.41) is 10.8. The van der Waals surface area contributed by atoms with Crippen LogP contribution in [0.2, 0.25) is 0 Å². The molecule has 1 rings (SSSR count). The second-order valence-corrected chi connectivity index (χ2v) is 4.47. The van der Waals surface area contributed by atoms with Gasteiger partial charge in [0.1, 0.15) is 6.29 Å². The lowest BCUT2D eigenvalue weighted by Gasteiger charge is -2.19. The van der Waals surface area contributed by atoms with Crippen LogP contribution in [0.25, 0.3) is 0 Å². The van der Waals surface area contributed by atoms with Crippen LogP contribution in [-0.4, -0.2) is 17.8 Å². The van der Waals surface area contributed by atoms with Crippen molar-refractivity contribution in [1.82, 2.24) is 0 Å². The molecule has 4 heteroatoms. The normalized spacial score (nSPS) is 13.8. The molecule has 0 saturated carbocycles. The maximum absolute atomic E-state index is 11.2. The first-order valence-electron chi connectivity index (χ1n) is 6.31. The van der Waals surface area contributed by atoms with E-state index in [0.717, 1.165) is 24.7 Å². The van der Waals surface area contributed by atoms with Crippen LogP contribution in [0, 0.1) is 16.0 Å². The molecule has 18 heavy (non-hydrogen) atoms. The Labute approximate surface area is 107 Å². The van der Waals surface area contributed by atoms with Gasteiger partial charge in [0.05, 0.1) is 5.92 Å². The minimum Gasteiger partial charge on any atom is -0.303 e. The number of hydrogen-bond donors (Lipinski definition) is 0. The van der Waals surface area contributed by atoms with Crippen LogP contribution in [0.15, 0.2) is 30.3 Å². The van der Waals surface area contributed by atoms with Gasteiger partial charge in [-0.1, -0.05) is 50.1 Å². The van der Waals surface area contributed by atoms with Gasteiger partial charge in [0.15, 0.2) is 0 Å². The Hall–Kier alpha value is -1.71. The number of aldehydes is 1. The molecule has 1 aromatic carbocycles. The molecule has 0 heterocycles. The lowest BCUT2D eigenvalue weighted by Crippen LogP contribution is -2.22. The Kier molecular flexibility index (Phi) is 6.05. The number of carbonyl (C=O) groups excluding carboxylic acids is 1. The molecule has 0 aliphatic carbocycles. The summed E-state index contributed by atoms with van der Waals surface area (Å²) in [5.41, 5.74) is 0.877. The molecule has 0 bridgehead atoms. The molecule has 0 saturated heterocycles. The Bertz CT molecular complexity index is 378. The molecule has 0 aromatic heterocycles. The van der Waals surface area contributed by atoms with E-state index in [1.54, 1.807) is 0 Å². The van der Waals surface area contributed by atoms with Gasteiger partial charge in [-0.3, -0.25) is 10.1 Å². The van der Waals surface area contributed by atoms with Crippen molar-refractivity contribution in [2.75, 3.05) is 6.54 Å². The van der Waals surface area contributed by atoms with Crippen molar-refractivity contribution in [3.63, 3.8) is 0 Å². The van der Waals surface area contributed by atoms with E-state index >= 15 is 0 Å². The maximum atomic E-state index is 11.2. The molecule has 2 unspecified atom stereocenters. The Morgan fingerprint density at radius 3 is 2.50 bits per heavy atom. The highest BCUT2D eigenvalue weighted by Gasteiger charge is 2.26. The predicted octanol–water partition coefficient (Wildman–Crippen LogP) is 3.05. The number of nitro groups is 1. The molecule has 98 valence electrons. The van der Waals surface area contributed by atoms with Crippen molar-refractivity contribution < 1.29 is 9.72 Å². The third kappa shape index (κ3) is 4.28. The topological polar surface area (TPSA) is 60.2 Å². The largest absolute Gasteiger partial charge is 0.303 e. The quantitative estimate of drug-likeness (QED) is 0.404. The van der Waals surface area contributed by atoms with Crippen LogP contribution >= 0.6 is 0 Å². The monoisotopic (exact) mass is 249 g/mol. The van der Waals surface area contributed by atoms with Crippen LogP contribution in [0.1, 0.15) is 37.7 Å². The highest BCUT2D eigenvalue weighted by Crippen LogP contribution is 2.27. The molecule has 0 fully saturated rings. The molecule has 0 aliphatic heterocycles. The molecule has 4 nitrogen and oxygen atoms in total. The summed E-state index contributed by atoms with van der Waals surface area (Å²) in [6.07, 6.45) is 3.50. The smallest absolute Gasteiger partial charge is 0.211 e. The summed E-state index contributed by atoms with van der Waals surface area (Å²) in [7, 11) is 0. The summed E-state index contributed by atoms with van der Waals surface area (Å²) in [4.78, 5) is 21.6. The first-order chi connectivity index (χ1) is 8.69. The van der Waals surface area contributed by atoms with E-state index in [9.17, 15) is 14.9 Å². The Morgan fingerprint density at radius 2 is 2.00 bits per heavy atom. The molecule has 0 amide bonds. The summed E-state index contributed by atoms with van der Waals surface area (Å²) < 4.78 is 0. The summed E-state index contributed by atoms with van der Waals surface area (Å²) >= 11 is 0. The van der Waals surface area contributed by atoms with E-state index in [1.807, 2.05) is 37.3 Å². The van der Waals surface area contributed by atoms with Gasteiger partial charge in [-0.05, 0) is 12.0 Å². The van der Waals surface area contributed by atoms with Crippen LogP contribution in [0.4, 0.5) is 0 Å². The number of nitrogens with zero attached hydrogens (tertiary/aromatic N) is 1. The van der Waals surface area contributed by atoms with Crippen LogP contribution in [-0.2, 0) is 4.79 Å². The first kappa shape index (κ1) is 14.4. The van der Waals surface area contributed by atoms with Gasteiger partial charge >= 0.3 is 0 Å². The van der Waals surface area contributed by atoms with Gasteiger partial charge in [0.2, 0.25) is 6.54 Å². The Morgan fingerprint density at radius 1 is 1.33 bits per heavy atom. The average molecular weight is 249 g/mol. The summed E-state index contributed by atoms with van der Waals surface area (Å²) in [6, 6.07) is 9.29. The van der Waals surface area contributed by atoms with Crippen molar-refractivity contribution in [3.8, 4) is 0 Å².